The average molecular weight is 267 g/mol. The van der Waals surface area contributed by atoms with Crippen molar-refractivity contribution in [2.45, 2.75) is 38.1 Å². The van der Waals surface area contributed by atoms with Gasteiger partial charge in [0.15, 0.2) is 9.84 Å². The van der Waals surface area contributed by atoms with Crippen molar-refractivity contribution in [2.75, 3.05) is 11.5 Å². The van der Waals surface area contributed by atoms with E-state index in [2.05, 4.69) is 38.1 Å². The van der Waals surface area contributed by atoms with Crippen molar-refractivity contribution in [2.24, 2.45) is 5.73 Å². The zero-order chi connectivity index (χ0) is 13.4. The fraction of sp³-hybridized carbons (Fsp3) is 0.571. The first-order valence-electron chi connectivity index (χ1n) is 6.38. The molecule has 3 nitrogen and oxygen atoms in total. The SMILES string of the molecule is CC(C)c1ccc(CC2(N)CCS(=O)(=O)C2)cc1. The lowest BCUT2D eigenvalue weighted by Crippen LogP contribution is -2.43. The van der Waals surface area contributed by atoms with Crippen LogP contribution in [0.5, 0.6) is 0 Å². The zero-order valence-electron chi connectivity index (χ0n) is 11.0. The molecule has 4 heteroatoms. The fourth-order valence-corrected chi connectivity index (χ4v) is 4.49. The molecular weight excluding hydrogens is 246 g/mol. The van der Waals surface area contributed by atoms with E-state index in [1.165, 1.54) is 5.56 Å². The molecule has 1 atom stereocenters. The molecule has 1 aromatic carbocycles. The van der Waals surface area contributed by atoms with Gasteiger partial charge >= 0.3 is 0 Å². The van der Waals surface area contributed by atoms with Crippen LogP contribution < -0.4 is 5.73 Å². The van der Waals surface area contributed by atoms with E-state index in [0.717, 1.165) is 5.56 Å². The Labute approximate surface area is 109 Å². The Morgan fingerprint density at radius 2 is 1.89 bits per heavy atom. The lowest BCUT2D eigenvalue weighted by molar-refractivity contribution is 0.476. The summed E-state index contributed by atoms with van der Waals surface area (Å²) in [7, 11) is -2.92. The molecule has 0 saturated carbocycles. The van der Waals surface area contributed by atoms with Crippen molar-refractivity contribution in [1.82, 2.24) is 0 Å². The summed E-state index contributed by atoms with van der Waals surface area (Å²) in [5.41, 5.74) is 8.03. The van der Waals surface area contributed by atoms with E-state index >= 15 is 0 Å². The van der Waals surface area contributed by atoms with Gasteiger partial charge < -0.3 is 5.73 Å². The van der Waals surface area contributed by atoms with Gasteiger partial charge in [-0.2, -0.15) is 0 Å². The van der Waals surface area contributed by atoms with Crippen molar-refractivity contribution in [3.63, 3.8) is 0 Å². The summed E-state index contributed by atoms with van der Waals surface area (Å²) in [6.07, 6.45) is 1.21. The predicted octanol–water partition coefficient (Wildman–Crippen LogP) is 1.87. The molecule has 100 valence electrons. The third kappa shape index (κ3) is 3.12. The first kappa shape index (κ1) is 13.6. The molecule has 0 bridgehead atoms. The van der Waals surface area contributed by atoms with Crippen LogP contribution >= 0.6 is 0 Å². The maximum Gasteiger partial charge on any atom is 0.152 e. The molecule has 2 rings (SSSR count). The van der Waals surface area contributed by atoms with Crippen LogP contribution in [0.3, 0.4) is 0 Å². The smallest absolute Gasteiger partial charge is 0.152 e. The van der Waals surface area contributed by atoms with Gasteiger partial charge in [-0.15, -0.1) is 0 Å². The summed E-state index contributed by atoms with van der Waals surface area (Å²) in [5, 5.41) is 0. The number of nitrogens with two attached hydrogens (primary N) is 1. The van der Waals surface area contributed by atoms with Crippen molar-refractivity contribution < 1.29 is 8.42 Å². The Morgan fingerprint density at radius 1 is 1.28 bits per heavy atom. The summed E-state index contributed by atoms with van der Waals surface area (Å²) in [6.45, 7) is 4.31. The molecule has 18 heavy (non-hydrogen) atoms. The Kier molecular flexibility index (Phi) is 3.52. The van der Waals surface area contributed by atoms with Crippen molar-refractivity contribution in [1.29, 1.82) is 0 Å². The average Bonchev–Trinajstić information content (AvgIpc) is 2.53. The number of sulfone groups is 1. The van der Waals surface area contributed by atoms with Crippen LogP contribution in [0.15, 0.2) is 24.3 Å². The van der Waals surface area contributed by atoms with Gasteiger partial charge in [0, 0.05) is 5.54 Å². The minimum atomic E-state index is -2.92. The van der Waals surface area contributed by atoms with Crippen LogP contribution in [-0.4, -0.2) is 25.5 Å². The number of hydrogen-bond acceptors (Lipinski definition) is 3. The Bertz CT molecular complexity index is 519. The maximum atomic E-state index is 11.5. The van der Waals surface area contributed by atoms with Crippen molar-refractivity contribution in [3.8, 4) is 0 Å². The molecule has 1 aliphatic heterocycles. The van der Waals surface area contributed by atoms with Crippen LogP contribution in [0, 0.1) is 0 Å². The van der Waals surface area contributed by atoms with E-state index in [1.807, 2.05) is 0 Å². The molecule has 0 radical (unpaired) electrons. The second kappa shape index (κ2) is 4.67. The van der Waals surface area contributed by atoms with Crippen LogP contribution in [0.1, 0.15) is 37.3 Å². The first-order valence-corrected chi connectivity index (χ1v) is 8.20. The zero-order valence-corrected chi connectivity index (χ0v) is 11.8. The second-order valence-electron chi connectivity index (χ2n) is 5.78. The van der Waals surface area contributed by atoms with E-state index in [9.17, 15) is 8.42 Å². The summed E-state index contributed by atoms with van der Waals surface area (Å²) in [4.78, 5) is 0. The Balaban J connectivity index is 2.10. The van der Waals surface area contributed by atoms with Crippen LogP contribution in [-0.2, 0) is 16.3 Å². The molecule has 0 aromatic heterocycles. The molecule has 2 N–H and O–H groups in total. The molecule has 0 amide bonds. The van der Waals surface area contributed by atoms with Gasteiger partial charge in [-0.25, -0.2) is 8.42 Å². The van der Waals surface area contributed by atoms with Gasteiger partial charge in [-0.3, -0.25) is 0 Å². The second-order valence-corrected chi connectivity index (χ2v) is 7.96. The Hall–Kier alpha value is -0.870. The number of rotatable bonds is 3. The molecule has 0 aliphatic carbocycles. The number of hydrogen-bond donors (Lipinski definition) is 1. The molecule has 1 unspecified atom stereocenters. The highest BCUT2D eigenvalue weighted by molar-refractivity contribution is 7.91. The van der Waals surface area contributed by atoms with E-state index in [0.29, 0.717) is 18.8 Å². The highest BCUT2D eigenvalue weighted by atomic mass is 32.2. The normalized spacial score (nSPS) is 26.7. The fourth-order valence-electron chi connectivity index (χ4n) is 2.51. The summed E-state index contributed by atoms with van der Waals surface area (Å²) < 4.78 is 23.0. The van der Waals surface area contributed by atoms with Gasteiger partial charge in [0.2, 0.25) is 0 Å². The highest BCUT2D eigenvalue weighted by Crippen LogP contribution is 2.25. The largest absolute Gasteiger partial charge is 0.324 e. The first-order chi connectivity index (χ1) is 8.30. The summed E-state index contributed by atoms with van der Waals surface area (Å²) >= 11 is 0. The van der Waals surface area contributed by atoms with E-state index in [1.54, 1.807) is 0 Å². The lowest BCUT2D eigenvalue weighted by atomic mass is 9.90. The van der Waals surface area contributed by atoms with Crippen molar-refractivity contribution >= 4 is 9.84 Å². The van der Waals surface area contributed by atoms with Gasteiger partial charge in [0.25, 0.3) is 0 Å². The molecule has 1 heterocycles. The number of benzene rings is 1. The van der Waals surface area contributed by atoms with Gasteiger partial charge in [0.1, 0.15) is 0 Å². The quantitative estimate of drug-likeness (QED) is 0.909. The predicted molar refractivity (Wildman–Crippen MR) is 74.4 cm³/mol. The van der Waals surface area contributed by atoms with E-state index < -0.39 is 15.4 Å². The summed E-state index contributed by atoms with van der Waals surface area (Å²) in [6, 6.07) is 8.34. The monoisotopic (exact) mass is 267 g/mol. The third-order valence-electron chi connectivity index (χ3n) is 3.62. The van der Waals surface area contributed by atoms with Crippen LogP contribution in [0.4, 0.5) is 0 Å². The molecule has 1 saturated heterocycles. The third-order valence-corrected chi connectivity index (χ3v) is 5.46. The molecule has 1 aliphatic rings. The Morgan fingerprint density at radius 3 is 2.33 bits per heavy atom. The minimum Gasteiger partial charge on any atom is -0.324 e. The molecule has 1 aromatic rings. The van der Waals surface area contributed by atoms with E-state index in [4.69, 9.17) is 5.73 Å². The maximum absolute atomic E-state index is 11.5. The lowest BCUT2D eigenvalue weighted by Gasteiger charge is -2.22. The standard InChI is InChI=1S/C14H21NO2S/c1-11(2)13-5-3-12(4-6-13)9-14(15)7-8-18(16,17)10-14/h3-6,11H,7-10,15H2,1-2H3. The van der Waals surface area contributed by atoms with Crippen LogP contribution in [0.25, 0.3) is 0 Å². The molecule has 0 spiro atoms. The molecule has 1 fully saturated rings. The molecular formula is C14H21NO2S. The minimum absolute atomic E-state index is 0.117. The van der Waals surface area contributed by atoms with E-state index in [-0.39, 0.29) is 11.5 Å². The van der Waals surface area contributed by atoms with Crippen molar-refractivity contribution in [3.05, 3.63) is 35.4 Å². The van der Waals surface area contributed by atoms with Gasteiger partial charge in [-0.05, 0) is 29.9 Å². The van der Waals surface area contributed by atoms with Crippen LogP contribution in [0.2, 0.25) is 0 Å². The highest BCUT2D eigenvalue weighted by Gasteiger charge is 2.38. The topological polar surface area (TPSA) is 60.2 Å². The summed E-state index contributed by atoms with van der Waals surface area (Å²) in [5.74, 6) is 0.859. The van der Waals surface area contributed by atoms with Gasteiger partial charge in [0.05, 0.1) is 11.5 Å². The van der Waals surface area contributed by atoms with Gasteiger partial charge in [-0.1, -0.05) is 38.1 Å².